The summed E-state index contributed by atoms with van der Waals surface area (Å²) >= 11 is 0. The van der Waals surface area contributed by atoms with Crippen molar-refractivity contribution in [2.45, 2.75) is 58.6 Å². The number of rotatable bonds is 6. The van der Waals surface area contributed by atoms with Crippen molar-refractivity contribution in [2.75, 3.05) is 6.54 Å². The van der Waals surface area contributed by atoms with Gasteiger partial charge in [0.05, 0.1) is 6.10 Å². The number of aliphatic hydroxyl groups excluding tert-OH is 1. The largest absolute Gasteiger partial charge is 0.392 e. The maximum Gasteiger partial charge on any atom is 0.129 e. The summed E-state index contributed by atoms with van der Waals surface area (Å²) in [5, 5.41) is 13.3. The van der Waals surface area contributed by atoms with Crippen molar-refractivity contribution in [2.24, 2.45) is 5.92 Å². The first-order valence-corrected chi connectivity index (χ1v) is 7.70. The minimum atomic E-state index is -0.263. The quantitative estimate of drug-likeness (QED) is 0.835. The van der Waals surface area contributed by atoms with Crippen LogP contribution in [0.25, 0.3) is 0 Å². The van der Waals surface area contributed by atoms with Crippen LogP contribution in [0.1, 0.15) is 48.8 Å². The molecule has 1 aromatic rings. The van der Waals surface area contributed by atoms with Crippen LogP contribution in [0.3, 0.4) is 0 Å². The van der Waals surface area contributed by atoms with E-state index in [1.807, 2.05) is 12.1 Å². The summed E-state index contributed by atoms with van der Waals surface area (Å²) in [6.45, 7) is 4.89. The van der Waals surface area contributed by atoms with Crippen LogP contribution in [0, 0.1) is 25.6 Å². The molecule has 0 saturated heterocycles. The first kappa shape index (κ1) is 15.5. The molecule has 3 heteroatoms. The Morgan fingerprint density at radius 3 is 2.45 bits per heavy atom. The highest BCUT2D eigenvalue weighted by molar-refractivity contribution is 5.30. The van der Waals surface area contributed by atoms with Gasteiger partial charge in [-0.1, -0.05) is 37.8 Å². The van der Waals surface area contributed by atoms with Gasteiger partial charge < -0.3 is 10.4 Å². The number of hydrogen-bond donors (Lipinski definition) is 2. The van der Waals surface area contributed by atoms with Gasteiger partial charge in [0.25, 0.3) is 0 Å². The summed E-state index contributed by atoms with van der Waals surface area (Å²) in [4.78, 5) is 0. The monoisotopic (exact) mass is 279 g/mol. The smallest absolute Gasteiger partial charge is 0.129 e. The van der Waals surface area contributed by atoms with E-state index in [1.165, 1.54) is 25.7 Å². The van der Waals surface area contributed by atoms with Gasteiger partial charge in [-0.05, 0) is 42.9 Å². The molecule has 0 radical (unpaired) electrons. The van der Waals surface area contributed by atoms with E-state index >= 15 is 0 Å². The maximum absolute atomic E-state index is 13.5. The van der Waals surface area contributed by atoms with Crippen molar-refractivity contribution in [3.8, 4) is 0 Å². The Labute approximate surface area is 121 Å². The molecule has 2 N–H and O–H groups in total. The van der Waals surface area contributed by atoms with Gasteiger partial charge in [-0.3, -0.25) is 0 Å². The fourth-order valence-electron chi connectivity index (χ4n) is 3.23. The zero-order valence-corrected chi connectivity index (χ0v) is 12.6. The van der Waals surface area contributed by atoms with E-state index in [4.69, 9.17) is 0 Å². The summed E-state index contributed by atoms with van der Waals surface area (Å²) < 4.78 is 13.5. The van der Waals surface area contributed by atoms with Gasteiger partial charge in [-0.15, -0.1) is 0 Å². The molecule has 0 spiro atoms. The van der Waals surface area contributed by atoms with E-state index in [-0.39, 0.29) is 11.9 Å². The van der Waals surface area contributed by atoms with Gasteiger partial charge in [0.15, 0.2) is 0 Å². The zero-order valence-electron chi connectivity index (χ0n) is 12.6. The Bertz CT molecular complexity index is 418. The maximum atomic E-state index is 13.5. The fraction of sp³-hybridized carbons (Fsp3) is 0.647. The molecule has 1 aliphatic carbocycles. The van der Waals surface area contributed by atoms with Crippen molar-refractivity contribution in [3.05, 3.63) is 34.6 Å². The van der Waals surface area contributed by atoms with Crippen LogP contribution in [0.2, 0.25) is 0 Å². The molecular weight excluding hydrogens is 253 g/mol. The van der Waals surface area contributed by atoms with Crippen molar-refractivity contribution in [1.82, 2.24) is 5.32 Å². The number of benzene rings is 1. The molecule has 0 aliphatic heterocycles. The van der Waals surface area contributed by atoms with E-state index in [0.717, 1.165) is 12.0 Å². The van der Waals surface area contributed by atoms with Gasteiger partial charge >= 0.3 is 0 Å². The minimum absolute atomic E-state index is 0.116. The predicted molar refractivity (Wildman–Crippen MR) is 80.2 cm³/mol. The molecule has 1 saturated carbocycles. The lowest BCUT2D eigenvalue weighted by Crippen LogP contribution is -2.28. The third kappa shape index (κ3) is 4.29. The Kier molecular flexibility index (Phi) is 5.55. The second-order valence-electron chi connectivity index (χ2n) is 6.21. The highest BCUT2D eigenvalue weighted by atomic mass is 19.1. The average Bonchev–Trinajstić information content (AvgIpc) is 2.88. The van der Waals surface area contributed by atoms with E-state index < -0.39 is 0 Å². The Morgan fingerprint density at radius 1 is 1.25 bits per heavy atom. The second-order valence-corrected chi connectivity index (χ2v) is 6.21. The highest BCUT2D eigenvalue weighted by Gasteiger charge is 2.18. The number of aryl methyl sites for hydroxylation is 2. The molecule has 1 aromatic carbocycles. The molecule has 1 unspecified atom stereocenters. The molecule has 0 bridgehead atoms. The summed E-state index contributed by atoms with van der Waals surface area (Å²) in [5.41, 5.74) is 2.45. The van der Waals surface area contributed by atoms with E-state index in [1.54, 1.807) is 13.8 Å². The third-order valence-corrected chi connectivity index (χ3v) is 4.29. The van der Waals surface area contributed by atoms with Crippen LogP contribution in [-0.2, 0) is 6.54 Å². The molecule has 2 nitrogen and oxygen atoms in total. The standard InChI is InChI=1S/C17H26FNO/c1-12-7-15(8-13(2)17(12)18)10-19-11-16(20)9-14-5-3-4-6-14/h7-8,14,16,19-20H,3-6,9-11H2,1-2H3. The van der Waals surface area contributed by atoms with Crippen molar-refractivity contribution in [3.63, 3.8) is 0 Å². The van der Waals surface area contributed by atoms with Crippen LogP contribution >= 0.6 is 0 Å². The van der Waals surface area contributed by atoms with Crippen LogP contribution < -0.4 is 5.32 Å². The number of halogens is 1. The molecular formula is C17H26FNO. The Hall–Kier alpha value is -0.930. The van der Waals surface area contributed by atoms with Crippen molar-refractivity contribution >= 4 is 0 Å². The van der Waals surface area contributed by atoms with Gasteiger partial charge in [0.1, 0.15) is 5.82 Å². The van der Waals surface area contributed by atoms with E-state index in [2.05, 4.69) is 5.32 Å². The van der Waals surface area contributed by atoms with Crippen molar-refractivity contribution < 1.29 is 9.50 Å². The third-order valence-electron chi connectivity index (χ3n) is 4.29. The lowest BCUT2D eigenvalue weighted by molar-refractivity contribution is 0.140. The molecule has 0 amide bonds. The fourth-order valence-corrected chi connectivity index (χ4v) is 3.23. The summed E-state index contributed by atoms with van der Waals surface area (Å²) in [7, 11) is 0. The number of nitrogens with one attached hydrogen (secondary N) is 1. The summed E-state index contributed by atoms with van der Waals surface area (Å²) in [6.07, 6.45) is 5.83. The molecule has 0 aromatic heterocycles. The summed E-state index contributed by atoms with van der Waals surface area (Å²) in [6, 6.07) is 3.75. The number of aliphatic hydroxyl groups is 1. The van der Waals surface area contributed by atoms with Crippen molar-refractivity contribution in [1.29, 1.82) is 0 Å². The van der Waals surface area contributed by atoms with Gasteiger partial charge in [0, 0.05) is 13.1 Å². The van der Waals surface area contributed by atoms with Gasteiger partial charge in [-0.2, -0.15) is 0 Å². The molecule has 1 atom stereocenters. The minimum Gasteiger partial charge on any atom is -0.392 e. The van der Waals surface area contributed by atoms with Gasteiger partial charge in [-0.25, -0.2) is 4.39 Å². The number of hydrogen-bond acceptors (Lipinski definition) is 2. The molecule has 2 rings (SSSR count). The van der Waals surface area contributed by atoms with Crippen LogP contribution in [0.15, 0.2) is 12.1 Å². The molecule has 1 fully saturated rings. The lowest BCUT2D eigenvalue weighted by Gasteiger charge is -2.16. The Balaban J connectivity index is 1.74. The molecule has 1 aliphatic rings. The molecule has 112 valence electrons. The molecule has 20 heavy (non-hydrogen) atoms. The Morgan fingerprint density at radius 2 is 1.85 bits per heavy atom. The predicted octanol–water partition coefficient (Wildman–Crippen LogP) is 3.47. The first-order chi connectivity index (χ1) is 9.56. The normalized spacial score (nSPS) is 17.6. The van der Waals surface area contributed by atoms with Gasteiger partial charge in [0.2, 0.25) is 0 Å². The lowest BCUT2D eigenvalue weighted by atomic mass is 10.00. The van der Waals surface area contributed by atoms with Crippen LogP contribution in [0.5, 0.6) is 0 Å². The highest BCUT2D eigenvalue weighted by Crippen LogP contribution is 2.28. The second kappa shape index (κ2) is 7.19. The zero-order chi connectivity index (χ0) is 14.5. The van der Waals surface area contributed by atoms with Crippen LogP contribution in [0.4, 0.5) is 4.39 Å². The topological polar surface area (TPSA) is 32.3 Å². The summed E-state index contributed by atoms with van der Waals surface area (Å²) in [5.74, 6) is 0.595. The van der Waals surface area contributed by atoms with Crippen LogP contribution in [-0.4, -0.2) is 17.8 Å². The average molecular weight is 279 g/mol. The molecule has 0 heterocycles. The SMILES string of the molecule is Cc1cc(CNCC(O)CC2CCCC2)cc(C)c1F. The van der Waals surface area contributed by atoms with E-state index in [0.29, 0.717) is 30.1 Å². The first-order valence-electron chi connectivity index (χ1n) is 7.70. The van der Waals surface area contributed by atoms with E-state index in [9.17, 15) is 9.50 Å².